The molecule has 5 aliphatic rings. The third kappa shape index (κ3) is 3.31. The number of nitrogens with zero attached hydrogens (tertiary/aromatic N) is 2. The quantitative estimate of drug-likeness (QED) is 0.410. The minimum Gasteiger partial charge on any atom is -0.496 e. The zero-order valence-corrected chi connectivity index (χ0v) is 21.5. The van der Waals surface area contributed by atoms with Crippen LogP contribution in [-0.2, 0) is 9.59 Å². The van der Waals surface area contributed by atoms with Gasteiger partial charge in [-0.25, -0.2) is 0 Å². The predicted molar refractivity (Wildman–Crippen MR) is 135 cm³/mol. The van der Waals surface area contributed by atoms with Crippen molar-refractivity contribution in [2.45, 2.75) is 20.3 Å². The lowest BCUT2D eigenvalue weighted by atomic mass is 9.63. The molecule has 7 rings (SSSR count). The maximum absolute atomic E-state index is 13.9. The second-order valence-electron chi connectivity index (χ2n) is 10.2. The smallest absolute Gasteiger partial charge is 0.263 e. The van der Waals surface area contributed by atoms with Crippen LogP contribution in [0.4, 0.5) is 5.69 Å². The number of carbonyl (C=O) groups is 3. The molecular weight excluding hydrogens is 508 g/mol. The number of hydrogen-bond donors (Lipinski definition) is 0. The second-order valence-corrected chi connectivity index (χ2v) is 11.0. The van der Waals surface area contributed by atoms with E-state index in [9.17, 15) is 14.4 Å². The first-order valence-electron chi connectivity index (χ1n) is 12.1. The third-order valence-corrected chi connectivity index (χ3v) is 9.60. The molecule has 6 unspecified atom stereocenters. The Morgan fingerprint density at radius 3 is 2.17 bits per heavy atom. The van der Waals surface area contributed by atoms with E-state index in [2.05, 4.69) is 28.1 Å². The van der Waals surface area contributed by atoms with Crippen molar-refractivity contribution >= 4 is 39.3 Å². The zero-order chi connectivity index (χ0) is 24.6. The van der Waals surface area contributed by atoms with Gasteiger partial charge in [0, 0.05) is 10.2 Å². The van der Waals surface area contributed by atoms with Gasteiger partial charge in [-0.05, 0) is 79.3 Å². The number of imide groups is 1. The van der Waals surface area contributed by atoms with Crippen LogP contribution in [0.25, 0.3) is 0 Å². The first-order valence-corrected chi connectivity index (χ1v) is 12.9. The molecule has 180 valence electrons. The number of likely N-dealkylation sites (tertiary alicyclic amines) is 1. The molecule has 0 aromatic heterocycles. The Bertz CT molecular complexity index is 1240. The molecule has 2 bridgehead atoms. The van der Waals surface area contributed by atoms with Crippen LogP contribution in [0.5, 0.6) is 5.75 Å². The van der Waals surface area contributed by atoms with Gasteiger partial charge in [-0.1, -0.05) is 40.2 Å². The van der Waals surface area contributed by atoms with Gasteiger partial charge in [-0.2, -0.15) is 0 Å². The standard InChI is InChI=1S/C28H27BrN2O4/c1-14-10-16(11-15(2)25(14)29)30(26(32)19-6-4-5-7-22(19)35-3)13-31-27(33)23-17-8-9-18(21-12-20(17)21)24(23)28(31)34/h4-11,17-18,20-21,23-24H,12-13H2,1-3H3. The molecule has 3 amide bonds. The van der Waals surface area contributed by atoms with Crippen molar-refractivity contribution < 1.29 is 19.1 Å². The Morgan fingerprint density at radius 2 is 1.60 bits per heavy atom. The monoisotopic (exact) mass is 534 g/mol. The number of aryl methyl sites for hydroxylation is 2. The summed E-state index contributed by atoms with van der Waals surface area (Å²) in [6.07, 6.45) is 5.44. The lowest BCUT2D eigenvalue weighted by Gasteiger charge is -2.37. The van der Waals surface area contributed by atoms with Gasteiger partial charge >= 0.3 is 0 Å². The molecule has 4 aliphatic carbocycles. The molecule has 35 heavy (non-hydrogen) atoms. The normalized spacial score (nSPS) is 29.8. The Hall–Kier alpha value is -2.93. The maximum Gasteiger partial charge on any atom is 0.263 e. The van der Waals surface area contributed by atoms with Gasteiger partial charge in [0.1, 0.15) is 12.4 Å². The fourth-order valence-corrected chi connectivity index (χ4v) is 6.84. The Morgan fingerprint density at radius 1 is 1.03 bits per heavy atom. The highest BCUT2D eigenvalue weighted by Crippen LogP contribution is 2.65. The molecule has 0 N–H and O–H groups in total. The molecule has 1 heterocycles. The zero-order valence-electron chi connectivity index (χ0n) is 19.9. The molecular formula is C28H27BrN2O4. The maximum atomic E-state index is 13.9. The summed E-state index contributed by atoms with van der Waals surface area (Å²) in [6, 6.07) is 10.8. The number of rotatable bonds is 5. The average Bonchev–Trinajstić information content (AvgIpc) is 3.65. The van der Waals surface area contributed by atoms with Gasteiger partial charge in [-0.3, -0.25) is 24.2 Å². The first-order chi connectivity index (χ1) is 16.8. The molecule has 6 atom stereocenters. The van der Waals surface area contributed by atoms with E-state index in [1.807, 2.05) is 26.0 Å². The summed E-state index contributed by atoms with van der Waals surface area (Å²) in [7, 11) is 1.52. The molecule has 3 fully saturated rings. The summed E-state index contributed by atoms with van der Waals surface area (Å²) < 4.78 is 6.42. The van der Waals surface area contributed by atoms with Crippen molar-refractivity contribution in [2.24, 2.45) is 35.5 Å². The van der Waals surface area contributed by atoms with Crippen molar-refractivity contribution in [3.8, 4) is 5.75 Å². The number of methoxy groups -OCH3 is 1. The number of allylic oxidation sites excluding steroid dienone is 2. The van der Waals surface area contributed by atoms with Crippen molar-refractivity contribution in [2.75, 3.05) is 18.7 Å². The molecule has 1 aliphatic heterocycles. The van der Waals surface area contributed by atoms with E-state index >= 15 is 0 Å². The van der Waals surface area contributed by atoms with Crippen LogP contribution in [0.2, 0.25) is 0 Å². The number of amides is 3. The topological polar surface area (TPSA) is 66.9 Å². The van der Waals surface area contributed by atoms with Crippen LogP contribution in [-0.4, -0.2) is 36.4 Å². The van der Waals surface area contributed by atoms with Crippen LogP contribution in [0, 0.1) is 49.4 Å². The lowest BCUT2D eigenvalue weighted by molar-refractivity contribution is -0.140. The van der Waals surface area contributed by atoms with E-state index in [1.165, 1.54) is 16.9 Å². The molecule has 2 aromatic carbocycles. The van der Waals surface area contributed by atoms with Crippen LogP contribution in [0.15, 0.2) is 53.0 Å². The molecule has 7 heteroatoms. The number of anilines is 1. The number of ether oxygens (including phenoxy) is 1. The van der Waals surface area contributed by atoms with Crippen LogP contribution >= 0.6 is 15.9 Å². The third-order valence-electron chi connectivity index (χ3n) is 8.35. The summed E-state index contributed by atoms with van der Waals surface area (Å²) in [4.78, 5) is 44.1. The van der Waals surface area contributed by atoms with Crippen molar-refractivity contribution in [1.29, 1.82) is 0 Å². The van der Waals surface area contributed by atoms with Crippen molar-refractivity contribution in [3.05, 3.63) is 69.7 Å². The van der Waals surface area contributed by atoms with Crippen LogP contribution in [0.3, 0.4) is 0 Å². The number of carbonyl (C=O) groups excluding carboxylic acids is 3. The number of para-hydroxylation sites is 1. The van der Waals surface area contributed by atoms with Crippen LogP contribution in [0.1, 0.15) is 27.9 Å². The Kier molecular flexibility index (Phi) is 5.18. The van der Waals surface area contributed by atoms with Gasteiger partial charge in [0.25, 0.3) is 5.91 Å². The van der Waals surface area contributed by atoms with E-state index in [4.69, 9.17) is 4.74 Å². The minimum absolute atomic E-state index is 0.114. The lowest BCUT2D eigenvalue weighted by Crippen LogP contribution is -2.45. The second kappa shape index (κ2) is 8.05. The van der Waals surface area contributed by atoms with Gasteiger partial charge in [0.15, 0.2) is 0 Å². The van der Waals surface area contributed by atoms with Gasteiger partial charge in [0.2, 0.25) is 11.8 Å². The average molecular weight is 535 g/mol. The summed E-state index contributed by atoms with van der Waals surface area (Å²) in [5.74, 6) is 0.610. The highest BCUT2D eigenvalue weighted by atomic mass is 79.9. The highest BCUT2D eigenvalue weighted by Gasteiger charge is 2.67. The predicted octanol–water partition coefficient (Wildman–Crippen LogP) is 4.73. The summed E-state index contributed by atoms with van der Waals surface area (Å²) in [6.45, 7) is 3.81. The van der Waals surface area contributed by atoms with E-state index in [0.717, 1.165) is 22.0 Å². The number of benzene rings is 2. The fraction of sp³-hybridized carbons (Fsp3) is 0.393. The molecule has 0 spiro atoms. The summed E-state index contributed by atoms with van der Waals surface area (Å²) in [5.41, 5.74) is 2.95. The molecule has 2 saturated carbocycles. The largest absolute Gasteiger partial charge is 0.496 e. The van der Waals surface area contributed by atoms with E-state index in [1.54, 1.807) is 24.3 Å². The van der Waals surface area contributed by atoms with Gasteiger partial charge in [-0.15, -0.1) is 0 Å². The number of halogens is 1. The van der Waals surface area contributed by atoms with Crippen LogP contribution < -0.4 is 9.64 Å². The molecule has 6 nitrogen and oxygen atoms in total. The first kappa shape index (κ1) is 22.5. The van der Waals surface area contributed by atoms with E-state index in [-0.39, 0.29) is 48.1 Å². The Balaban J connectivity index is 1.39. The van der Waals surface area contributed by atoms with E-state index < -0.39 is 0 Å². The molecule has 2 aromatic rings. The van der Waals surface area contributed by atoms with Crippen molar-refractivity contribution in [1.82, 2.24) is 4.90 Å². The summed E-state index contributed by atoms with van der Waals surface area (Å²) in [5, 5.41) is 0. The van der Waals surface area contributed by atoms with Gasteiger partial charge < -0.3 is 4.74 Å². The number of hydrogen-bond acceptors (Lipinski definition) is 4. The minimum atomic E-state index is -0.317. The Labute approximate surface area is 213 Å². The SMILES string of the molecule is COc1ccccc1C(=O)N(CN1C(=O)C2C3C=CC(C4CC34)C2C1=O)c1cc(C)c(Br)c(C)c1. The van der Waals surface area contributed by atoms with E-state index in [0.29, 0.717) is 28.8 Å². The highest BCUT2D eigenvalue weighted by molar-refractivity contribution is 9.10. The van der Waals surface area contributed by atoms with Gasteiger partial charge in [0.05, 0.1) is 24.5 Å². The van der Waals surface area contributed by atoms with Crippen molar-refractivity contribution in [3.63, 3.8) is 0 Å². The molecule has 0 radical (unpaired) electrons. The molecule has 1 saturated heterocycles. The fourth-order valence-electron chi connectivity index (χ4n) is 6.61. The summed E-state index contributed by atoms with van der Waals surface area (Å²) >= 11 is 3.60.